The minimum absolute atomic E-state index is 0.197. The molecule has 2 unspecified atom stereocenters. The fourth-order valence-corrected chi connectivity index (χ4v) is 2.30. The maximum atomic E-state index is 12.4. The summed E-state index contributed by atoms with van der Waals surface area (Å²) in [5.74, 6) is -0.920. The van der Waals surface area contributed by atoms with Gasteiger partial charge in [-0.05, 0) is 37.0 Å². The maximum Gasteiger partial charge on any atom is 0.416 e. The van der Waals surface area contributed by atoms with Crippen molar-refractivity contribution in [3.05, 3.63) is 35.4 Å². The molecular weight excluding hydrogens is 259 g/mol. The summed E-state index contributed by atoms with van der Waals surface area (Å²) < 4.78 is 37.3. The van der Waals surface area contributed by atoms with Gasteiger partial charge in [-0.25, -0.2) is 0 Å². The van der Waals surface area contributed by atoms with Crippen molar-refractivity contribution in [2.75, 3.05) is 0 Å². The predicted molar refractivity (Wildman–Crippen MR) is 62.6 cm³/mol. The Morgan fingerprint density at radius 2 is 1.84 bits per heavy atom. The Balaban J connectivity index is 2.12. The van der Waals surface area contributed by atoms with Crippen molar-refractivity contribution in [2.24, 2.45) is 0 Å². The predicted octanol–water partition coefficient (Wildman–Crippen LogP) is 2.97. The van der Waals surface area contributed by atoms with E-state index < -0.39 is 23.8 Å². The van der Waals surface area contributed by atoms with Crippen LogP contribution in [0.2, 0.25) is 0 Å². The van der Waals surface area contributed by atoms with E-state index in [1.165, 1.54) is 12.1 Å². The van der Waals surface area contributed by atoms with Gasteiger partial charge < -0.3 is 5.11 Å². The Bertz CT molecular complexity index is 456. The maximum absolute atomic E-state index is 12.4. The first-order chi connectivity index (χ1) is 8.88. The summed E-state index contributed by atoms with van der Waals surface area (Å²) in [6, 6.07) is 4.05. The molecule has 1 saturated heterocycles. The minimum Gasteiger partial charge on any atom is -0.480 e. The van der Waals surface area contributed by atoms with Crippen molar-refractivity contribution in [1.82, 2.24) is 5.32 Å². The van der Waals surface area contributed by atoms with Crippen LogP contribution in [0.4, 0.5) is 13.2 Å². The Morgan fingerprint density at radius 3 is 2.37 bits per heavy atom. The van der Waals surface area contributed by atoms with Gasteiger partial charge in [0.2, 0.25) is 0 Å². The van der Waals surface area contributed by atoms with Gasteiger partial charge in [-0.1, -0.05) is 12.1 Å². The quantitative estimate of drug-likeness (QED) is 0.871. The molecule has 3 nitrogen and oxygen atoms in total. The topological polar surface area (TPSA) is 49.3 Å². The molecule has 0 spiro atoms. The second-order valence-electron chi connectivity index (χ2n) is 4.66. The molecule has 0 amide bonds. The third kappa shape index (κ3) is 3.26. The average molecular weight is 273 g/mol. The van der Waals surface area contributed by atoms with Crippen molar-refractivity contribution in [3.63, 3.8) is 0 Å². The molecule has 19 heavy (non-hydrogen) atoms. The second-order valence-corrected chi connectivity index (χ2v) is 4.66. The van der Waals surface area contributed by atoms with Crippen LogP contribution in [-0.4, -0.2) is 17.1 Å². The molecule has 2 rings (SSSR count). The van der Waals surface area contributed by atoms with Crippen molar-refractivity contribution in [3.8, 4) is 0 Å². The van der Waals surface area contributed by atoms with Gasteiger partial charge in [0.25, 0.3) is 0 Å². The Kier molecular flexibility index (Phi) is 3.80. The fraction of sp³-hybridized carbons (Fsp3) is 0.462. The Morgan fingerprint density at radius 1 is 1.21 bits per heavy atom. The summed E-state index contributed by atoms with van der Waals surface area (Å²) >= 11 is 0. The molecule has 0 bridgehead atoms. The number of nitrogens with one attached hydrogen (secondary N) is 1. The molecule has 2 N–H and O–H groups in total. The van der Waals surface area contributed by atoms with Crippen LogP contribution in [0, 0.1) is 0 Å². The lowest BCUT2D eigenvalue weighted by Gasteiger charge is -2.29. The van der Waals surface area contributed by atoms with Crippen LogP contribution in [0.1, 0.15) is 36.4 Å². The van der Waals surface area contributed by atoms with Gasteiger partial charge in [0, 0.05) is 6.04 Å². The van der Waals surface area contributed by atoms with E-state index in [2.05, 4.69) is 5.32 Å². The van der Waals surface area contributed by atoms with Gasteiger partial charge in [-0.3, -0.25) is 10.1 Å². The van der Waals surface area contributed by atoms with Gasteiger partial charge in [0.05, 0.1) is 5.56 Å². The smallest absolute Gasteiger partial charge is 0.416 e. The lowest BCUT2D eigenvalue weighted by Crippen LogP contribution is -2.42. The first kappa shape index (κ1) is 13.9. The minimum atomic E-state index is -4.35. The first-order valence-electron chi connectivity index (χ1n) is 6.04. The summed E-state index contributed by atoms with van der Waals surface area (Å²) in [5, 5.41) is 11.9. The molecule has 6 heteroatoms. The molecule has 1 aromatic rings. The lowest BCUT2D eigenvalue weighted by atomic mass is 9.93. The van der Waals surface area contributed by atoms with E-state index in [4.69, 9.17) is 5.11 Å². The second kappa shape index (κ2) is 5.21. The van der Waals surface area contributed by atoms with Crippen LogP contribution in [0.25, 0.3) is 0 Å². The molecule has 0 radical (unpaired) electrons. The zero-order valence-electron chi connectivity index (χ0n) is 10.1. The zero-order chi connectivity index (χ0) is 14.0. The van der Waals surface area contributed by atoms with Crippen LogP contribution in [0.5, 0.6) is 0 Å². The number of piperidine rings is 1. The van der Waals surface area contributed by atoms with E-state index in [-0.39, 0.29) is 6.04 Å². The van der Waals surface area contributed by atoms with E-state index in [0.29, 0.717) is 12.0 Å². The summed E-state index contributed by atoms with van der Waals surface area (Å²) in [5.41, 5.74) is 0.000735. The monoisotopic (exact) mass is 273 g/mol. The van der Waals surface area contributed by atoms with Crippen LogP contribution in [-0.2, 0) is 11.0 Å². The van der Waals surface area contributed by atoms with Crippen LogP contribution in [0.15, 0.2) is 24.3 Å². The third-order valence-electron chi connectivity index (χ3n) is 3.33. The number of rotatable bonds is 2. The molecule has 1 aliphatic heterocycles. The highest BCUT2D eigenvalue weighted by Crippen LogP contribution is 2.31. The van der Waals surface area contributed by atoms with Gasteiger partial charge in [0.15, 0.2) is 0 Å². The standard InChI is InChI=1S/C13H14F3NO2/c14-13(15,16)9-6-4-8(5-7-9)10-2-1-3-11(17-10)12(18)19/h4-7,10-11,17H,1-3H2,(H,18,19). The largest absolute Gasteiger partial charge is 0.480 e. The molecule has 1 aromatic carbocycles. The van der Waals surface area contributed by atoms with Crippen molar-refractivity contribution < 1.29 is 23.1 Å². The van der Waals surface area contributed by atoms with Gasteiger partial charge >= 0.3 is 12.1 Å². The van der Waals surface area contributed by atoms with E-state index in [9.17, 15) is 18.0 Å². The number of carboxylic acid groups (broad SMARTS) is 1. The molecule has 104 valence electrons. The number of carbonyl (C=O) groups is 1. The van der Waals surface area contributed by atoms with E-state index in [0.717, 1.165) is 25.0 Å². The summed E-state index contributed by atoms with van der Waals surface area (Å²) in [6.45, 7) is 0. The molecule has 0 saturated carbocycles. The number of hydrogen-bond acceptors (Lipinski definition) is 2. The van der Waals surface area contributed by atoms with E-state index >= 15 is 0 Å². The number of alkyl halides is 3. The first-order valence-corrected chi connectivity index (χ1v) is 6.04. The van der Waals surface area contributed by atoms with Gasteiger partial charge in [-0.2, -0.15) is 13.2 Å². The molecule has 1 fully saturated rings. The molecule has 0 aromatic heterocycles. The van der Waals surface area contributed by atoms with Crippen molar-refractivity contribution in [2.45, 2.75) is 37.5 Å². The number of aliphatic carboxylic acids is 1. The molecular formula is C13H14F3NO2. The summed E-state index contributed by atoms with van der Waals surface area (Å²) in [4.78, 5) is 10.9. The van der Waals surface area contributed by atoms with Crippen LogP contribution in [0.3, 0.4) is 0 Å². The highest BCUT2D eigenvalue weighted by atomic mass is 19.4. The lowest BCUT2D eigenvalue weighted by molar-refractivity contribution is -0.140. The highest BCUT2D eigenvalue weighted by Gasteiger charge is 2.31. The van der Waals surface area contributed by atoms with Crippen molar-refractivity contribution in [1.29, 1.82) is 0 Å². The van der Waals surface area contributed by atoms with E-state index in [1.54, 1.807) is 0 Å². The fourth-order valence-electron chi connectivity index (χ4n) is 2.30. The summed E-state index contributed by atoms with van der Waals surface area (Å²) in [6.07, 6.45) is -2.32. The third-order valence-corrected chi connectivity index (χ3v) is 3.33. The summed E-state index contributed by atoms with van der Waals surface area (Å²) in [7, 11) is 0. The Labute approximate surface area is 108 Å². The number of carboxylic acids is 1. The molecule has 1 aliphatic rings. The molecule has 2 atom stereocenters. The normalized spacial score (nSPS) is 24.2. The van der Waals surface area contributed by atoms with Gasteiger partial charge in [-0.15, -0.1) is 0 Å². The number of hydrogen-bond donors (Lipinski definition) is 2. The van der Waals surface area contributed by atoms with Crippen LogP contribution >= 0.6 is 0 Å². The van der Waals surface area contributed by atoms with Gasteiger partial charge in [0.1, 0.15) is 6.04 Å². The highest BCUT2D eigenvalue weighted by molar-refractivity contribution is 5.73. The van der Waals surface area contributed by atoms with E-state index in [1.807, 2.05) is 0 Å². The number of halogens is 3. The zero-order valence-corrected chi connectivity index (χ0v) is 10.1. The SMILES string of the molecule is O=C(O)C1CCCC(c2ccc(C(F)(F)F)cc2)N1. The molecule has 0 aliphatic carbocycles. The van der Waals surface area contributed by atoms with Crippen LogP contribution < -0.4 is 5.32 Å². The number of benzene rings is 1. The van der Waals surface area contributed by atoms with Crippen molar-refractivity contribution >= 4 is 5.97 Å². The molecule has 1 heterocycles. The average Bonchev–Trinajstić information content (AvgIpc) is 2.38. The Hall–Kier alpha value is -1.56.